The lowest BCUT2D eigenvalue weighted by Crippen LogP contribution is -2.24. The smallest absolute Gasteiger partial charge is 0.166 e. The van der Waals surface area contributed by atoms with Crippen molar-refractivity contribution >= 4 is 21.8 Å². The van der Waals surface area contributed by atoms with Crippen LogP contribution in [-0.2, 0) is 0 Å². The van der Waals surface area contributed by atoms with Crippen LogP contribution < -0.4 is 10.7 Å². The molecule has 0 aliphatic carbocycles. The van der Waals surface area contributed by atoms with Gasteiger partial charge in [0.15, 0.2) is 6.17 Å². The molecule has 2 aromatic carbocycles. The lowest BCUT2D eigenvalue weighted by Gasteiger charge is -2.02. The van der Waals surface area contributed by atoms with Crippen LogP contribution in [0, 0.1) is 0 Å². The van der Waals surface area contributed by atoms with E-state index in [1.807, 2.05) is 42.5 Å². The standard InChI is InChI=1S/C19H12N4/c1-2-6-12(7-3-1)19-22-17-13-8-4-10-20-15(13)16-14(18(17)23-19)9-5-11-21-16/h1-11,19H. The van der Waals surface area contributed by atoms with Gasteiger partial charge in [-0.15, -0.1) is 0 Å². The molecule has 3 heterocycles. The average molecular weight is 296 g/mol. The SMILES string of the molecule is c1ccc(C2N=c3c(c4cccnc4c4ncccc34)=N2)cc1. The first-order valence-corrected chi connectivity index (χ1v) is 7.54. The summed E-state index contributed by atoms with van der Waals surface area (Å²) < 4.78 is 0. The average Bonchev–Trinajstić information content (AvgIpc) is 3.09. The molecule has 0 amide bonds. The second kappa shape index (κ2) is 4.68. The maximum atomic E-state index is 4.87. The van der Waals surface area contributed by atoms with Crippen molar-refractivity contribution in [2.75, 3.05) is 0 Å². The summed E-state index contributed by atoms with van der Waals surface area (Å²) in [6.45, 7) is 0. The number of aromatic nitrogens is 2. The van der Waals surface area contributed by atoms with Gasteiger partial charge in [-0.1, -0.05) is 30.3 Å². The molecule has 4 heteroatoms. The molecule has 108 valence electrons. The number of rotatable bonds is 1. The van der Waals surface area contributed by atoms with Crippen molar-refractivity contribution in [2.45, 2.75) is 6.17 Å². The molecule has 2 aromatic heterocycles. The predicted octanol–water partition coefficient (Wildman–Crippen LogP) is 2.73. The van der Waals surface area contributed by atoms with Gasteiger partial charge >= 0.3 is 0 Å². The molecule has 0 bridgehead atoms. The summed E-state index contributed by atoms with van der Waals surface area (Å²) in [7, 11) is 0. The van der Waals surface area contributed by atoms with E-state index in [0.717, 1.165) is 38.1 Å². The van der Waals surface area contributed by atoms with Crippen LogP contribution in [-0.4, -0.2) is 9.97 Å². The zero-order chi connectivity index (χ0) is 15.2. The second-order valence-electron chi connectivity index (χ2n) is 5.54. The minimum absolute atomic E-state index is 0.194. The Labute approximate surface area is 131 Å². The van der Waals surface area contributed by atoms with E-state index in [1.165, 1.54) is 0 Å². The fourth-order valence-corrected chi connectivity index (χ4v) is 3.13. The summed E-state index contributed by atoms with van der Waals surface area (Å²) in [5, 5.41) is 3.86. The van der Waals surface area contributed by atoms with Gasteiger partial charge in [0.2, 0.25) is 0 Å². The van der Waals surface area contributed by atoms with Gasteiger partial charge in [0.1, 0.15) is 0 Å². The highest BCUT2D eigenvalue weighted by molar-refractivity contribution is 6.02. The molecule has 0 N–H and O–H groups in total. The van der Waals surface area contributed by atoms with Crippen LogP contribution in [0.5, 0.6) is 0 Å². The minimum atomic E-state index is -0.194. The molecule has 1 aliphatic heterocycles. The van der Waals surface area contributed by atoms with Crippen LogP contribution in [0.3, 0.4) is 0 Å². The maximum Gasteiger partial charge on any atom is 0.166 e. The molecular weight excluding hydrogens is 284 g/mol. The summed E-state index contributed by atoms with van der Waals surface area (Å²) in [5.41, 5.74) is 2.86. The van der Waals surface area contributed by atoms with E-state index >= 15 is 0 Å². The van der Waals surface area contributed by atoms with Crippen molar-refractivity contribution in [1.29, 1.82) is 0 Å². The normalized spacial score (nSPS) is 13.7. The molecule has 4 aromatic rings. The lowest BCUT2D eigenvalue weighted by atomic mass is 10.1. The van der Waals surface area contributed by atoms with Gasteiger partial charge in [-0.2, -0.15) is 0 Å². The Morgan fingerprint density at radius 1 is 0.609 bits per heavy atom. The van der Waals surface area contributed by atoms with E-state index in [9.17, 15) is 0 Å². The van der Waals surface area contributed by atoms with Gasteiger partial charge < -0.3 is 0 Å². The Kier molecular flexibility index (Phi) is 2.52. The van der Waals surface area contributed by atoms with Crippen LogP contribution in [0.15, 0.2) is 77.0 Å². The number of hydrogen-bond donors (Lipinski definition) is 0. The van der Waals surface area contributed by atoms with Crippen molar-refractivity contribution < 1.29 is 0 Å². The third kappa shape index (κ3) is 1.78. The van der Waals surface area contributed by atoms with E-state index < -0.39 is 0 Å². The zero-order valence-corrected chi connectivity index (χ0v) is 12.2. The van der Waals surface area contributed by atoms with Crippen molar-refractivity contribution in [3.05, 3.63) is 83.3 Å². The number of pyridine rings is 2. The first-order chi connectivity index (χ1) is 11.4. The highest BCUT2D eigenvalue weighted by Crippen LogP contribution is 2.22. The van der Waals surface area contributed by atoms with Crippen molar-refractivity contribution in [2.24, 2.45) is 9.98 Å². The molecule has 0 saturated carbocycles. The Morgan fingerprint density at radius 3 is 1.74 bits per heavy atom. The zero-order valence-electron chi connectivity index (χ0n) is 12.2. The quantitative estimate of drug-likeness (QED) is 0.507. The van der Waals surface area contributed by atoms with Crippen molar-refractivity contribution in [3.8, 4) is 0 Å². The van der Waals surface area contributed by atoms with Crippen LogP contribution in [0.25, 0.3) is 21.8 Å². The Morgan fingerprint density at radius 2 is 1.17 bits per heavy atom. The number of benzene rings is 2. The van der Waals surface area contributed by atoms with Gasteiger partial charge in [-0.05, 0) is 29.8 Å². The molecule has 23 heavy (non-hydrogen) atoms. The van der Waals surface area contributed by atoms with E-state index in [4.69, 9.17) is 9.98 Å². The molecule has 1 aliphatic rings. The Hall–Kier alpha value is -3.14. The minimum Gasteiger partial charge on any atom is -0.254 e. The first kappa shape index (κ1) is 12.4. The monoisotopic (exact) mass is 296 g/mol. The van der Waals surface area contributed by atoms with E-state index in [0.29, 0.717) is 0 Å². The van der Waals surface area contributed by atoms with Gasteiger partial charge in [-0.3, -0.25) is 20.0 Å². The fourth-order valence-electron chi connectivity index (χ4n) is 3.13. The molecule has 0 spiro atoms. The molecule has 4 nitrogen and oxygen atoms in total. The number of nitrogens with zero attached hydrogens (tertiary/aromatic N) is 4. The van der Waals surface area contributed by atoms with Gasteiger partial charge in [-0.25, -0.2) is 0 Å². The van der Waals surface area contributed by atoms with E-state index in [2.05, 4.69) is 22.1 Å². The predicted molar refractivity (Wildman–Crippen MR) is 88.5 cm³/mol. The Bertz CT molecular complexity index is 1090. The van der Waals surface area contributed by atoms with Crippen LogP contribution in [0.4, 0.5) is 0 Å². The second-order valence-corrected chi connectivity index (χ2v) is 5.54. The molecule has 5 rings (SSSR count). The van der Waals surface area contributed by atoms with Crippen LogP contribution in [0.2, 0.25) is 0 Å². The van der Waals surface area contributed by atoms with Crippen molar-refractivity contribution in [3.63, 3.8) is 0 Å². The van der Waals surface area contributed by atoms with Gasteiger partial charge in [0.25, 0.3) is 0 Å². The highest BCUT2D eigenvalue weighted by atomic mass is 15.0. The number of fused-ring (bicyclic) bond motifs is 6. The largest absolute Gasteiger partial charge is 0.254 e. The summed E-state index contributed by atoms with van der Waals surface area (Å²) in [6.07, 6.45) is 3.40. The first-order valence-electron chi connectivity index (χ1n) is 7.54. The highest BCUT2D eigenvalue weighted by Gasteiger charge is 2.17. The van der Waals surface area contributed by atoms with E-state index in [-0.39, 0.29) is 6.17 Å². The van der Waals surface area contributed by atoms with Crippen LogP contribution in [0.1, 0.15) is 11.7 Å². The Balaban J connectivity index is 1.95. The maximum absolute atomic E-state index is 4.87. The van der Waals surface area contributed by atoms with E-state index in [1.54, 1.807) is 12.4 Å². The third-order valence-corrected chi connectivity index (χ3v) is 4.17. The van der Waals surface area contributed by atoms with Gasteiger partial charge in [0.05, 0.1) is 21.7 Å². The van der Waals surface area contributed by atoms with Gasteiger partial charge in [0, 0.05) is 23.2 Å². The summed E-state index contributed by atoms with van der Waals surface area (Å²) in [6, 6.07) is 18.1. The fraction of sp³-hybridized carbons (Fsp3) is 0.0526. The third-order valence-electron chi connectivity index (χ3n) is 4.17. The summed E-state index contributed by atoms with van der Waals surface area (Å²) in [5.74, 6) is 0. The molecule has 0 radical (unpaired) electrons. The summed E-state index contributed by atoms with van der Waals surface area (Å²) >= 11 is 0. The van der Waals surface area contributed by atoms with Crippen LogP contribution >= 0.6 is 0 Å². The summed E-state index contributed by atoms with van der Waals surface area (Å²) in [4.78, 5) is 18.8. The molecule has 0 fully saturated rings. The molecule has 0 atom stereocenters. The molecule has 0 unspecified atom stereocenters. The molecule has 0 saturated heterocycles. The number of hydrogen-bond acceptors (Lipinski definition) is 4. The lowest BCUT2D eigenvalue weighted by molar-refractivity contribution is 0.773. The molecular formula is C19H12N4. The topological polar surface area (TPSA) is 50.5 Å². The van der Waals surface area contributed by atoms with Crippen molar-refractivity contribution in [1.82, 2.24) is 9.97 Å².